The normalized spacial score (nSPS) is 19.7. The Morgan fingerprint density at radius 1 is 1.19 bits per heavy atom. The first kappa shape index (κ1) is 22.6. The number of carbonyl (C=O) groups excluding carboxylic acids is 1. The molecule has 3 rings (SSSR count). The van der Waals surface area contributed by atoms with E-state index in [1.54, 1.807) is 4.90 Å². The maximum Gasteiger partial charge on any atom is 0.410 e. The second kappa shape index (κ2) is 8.20. The quantitative estimate of drug-likeness (QED) is 0.772. The second-order valence-corrected chi connectivity index (χ2v) is 8.77. The number of rotatable bonds is 4. The third-order valence-corrected chi connectivity index (χ3v) is 5.45. The fourth-order valence-electron chi connectivity index (χ4n) is 3.79. The summed E-state index contributed by atoms with van der Waals surface area (Å²) in [5.41, 5.74) is -0.936. The Balaban J connectivity index is 2.04. The van der Waals surface area contributed by atoms with Crippen molar-refractivity contribution in [1.29, 1.82) is 0 Å². The zero-order chi connectivity index (χ0) is 23.1. The number of amides is 1. The number of ether oxygens (including phenoxy) is 1. The van der Waals surface area contributed by atoms with Crippen LogP contribution in [0.4, 0.5) is 10.7 Å². The number of nitrogens with zero attached hydrogens (tertiary/aromatic N) is 6. The lowest BCUT2D eigenvalue weighted by Crippen LogP contribution is -2.61. The van der Waals surface area contributed by atoms with Crippen molar-refractivity contribution in [3.8, 4) is 0 Å². The highest BCUT2D eigenvalue weighted by Gasteiger charge is 2.38. The molecule has 1 fully saturated rings. The van der Waals surface area contributed by atoms with Crippen molar-refractivity contribution in [2.24, 2.45) is 7.05 Å². The van der Waals surface area contributed by atoms with Crippen LogP contribution in [0.5, 0.6) is 0 Å². The van der Waals surface area contributed by atoms with Gasteiger partial charge in [0.2, 0.25) is 5.95 Å². The highest BCUT2D eigenvalue weighted by molar-refractivity contribution is 5.86. The van der Waals surface area contributed by atoms with Crippen LogP contribution in [-0.4, -0.2) is 72.0 Å². The van der Waals surface area contributed by atoms with Crippen LogP contribution in [0, 0.1) is 0 Å². The van der Waals surface area contributed by atoms with Crippen LogP contribution in [0.1, 0.15) is 57.9 Å². The predicted molar refractivity (Wildman–Crippen MR) is 114 cm³/mol. The lowest BCUT2D eigenvalue weighted by molar-refractivity contribution is 0.00968. The number of carbonyl (C=O) groups is 2. The van der Waals surface area contributed by atoms with Crippen molar-refractivity contribution in [3.05, 3.63) is 22.2 Å². The molecule has 1 aliphatic heterocycles. The number of hydrogen-bond acceptors (Lipinski definition) is 7. The minimum Gasteiger partial charge on any atom is -0.476 e. The summed E-state index contributed by atoms with van der Waals surface area (Å²) in [5, 5.41) is 13.5. The SMILES string of the molecule is CC[C@@H]1CN(c2nc(=O)n(C)c3cc(C(=O)O)nn23)[C@@H](CC)CN1C(=O)OC(C)(C)C. The van der Waals surface area contributed by atoms with Gasteiger partial charge in [0, 0.05) is 32.2 Å². The number of anilines is 1. The maximum atomic E-state index is 12.8. The van der Waals surface area contributed by atoms with E-state index in [2.05, 4.69) is 10.1 Å². The van der Waals surface area contributed by atoms with Gasteiger partial charge in [0.05, 0.1) is 6.04 Å². The van der Waals surface area contributed by atoms with Crippen LogP contribution in [-0.2, 0) is 11.8 Å². The monoisotopic (exact) mass is 434 g/mol. The third kappa shape index (κ3) is 4.35. The van der Waals surface area contributed by atoms with Gasteiger partial charge in [-0.05, 0) is 33.6 Å². The van der Waals surface area contributed by atoms with Crippen LogP contribution in [0.2, 0.25) is 0 Å². The molecular weight excluding hydrogens is 404 g/mol. The standard InChI is InChI=1S/C20H30N6O5/c1-7-12-11-25(19(30)31-20(3,4)5)13(8-2)10-24(12)17-21-18(29)23(6)15-9-14(16(27)28)22-26(15)17/h9,12-13H,7-8,10-11H2,1-6H3,(H,27,28)/t12-,13+/m0/s1. The van der Waals surface area contributed by atoms with E-state index in [1.807, 2.05) is 39.5 Å². The van der Waals surface area contributed by atoms with Gasteiger partial charge in [-0.25, -0.2) is 14.4 Å². The maximum absolute atomic E-state index is 12.8. The molecule has 0 unspecified atom stereocenters. The molecule has 11 nitrogen and oxygen atoms in total. The van der Waals surface area contributed by atoms with Gasteiger partial charge in [-0.15, -0.1) is 0 Å². The molecule has 0 spiro atoms. The Bertz CT molecular complexity index is 1050. The highest BCUT2D eigenvalue weighted by atomic mass is 16.6. The molecular formula is C20H30N6O5. The Morgan fingerprint density at radius 2 is 1.84 bits per heavy atom. The minimum atomic E-state index is -1.18. The largest absolute Gasteiger partial charge is 0.476 e. The van der Waals surface area contributed by atoms with Crippen molar-refractivity contribution in [3.63, 3.8) is 0 Å². The first-order chi connectivity index (χ1) is 14.5. The molecule has 2 atom stereocenters. The number of piperazine rings is 1. The third-order valence-electron chi connectivity index (χ3n) is 5.45. The number of fused-ring (bicyclic) bond motifs is 1. The van der Waals surface area contributed by atoms with E-state index < -0.39 is 17.3 Å². The molecule has 0 aliphatic carbocycles. The second-order valence-electron chi connectivity index (χ2n) is 8.77. The summed E-state index contributed by atoms with van der Waals surface area (Å²) in [6.07, 6.45) is 0.993. The van der Waals surface area contributed by atoms with Gasteiger partial charge in [-0.3, -0.25) is 4.57 Å². The van der Waals surface area contributed by atoms with Gasteiger partial charge in [-0.1, -0.05) is 13.8 Å². The molecule has 1 amide bonds. The Labute approximate surface area is 180 Å². The molecule has 1 aliphatic rings. The molecule has 0 saturated carbocycles. The molecule has 11 heteroatoms. The summed E-state index contributed by atoms with van der Waals surface area (Å²) in [4.78, 5) is 44.6. The van der Waals surface area contributed by atoms with Crippen LogP contribution in [0.3, 0.4) is 0 Å². The molecule has 2 aromatic heterocycles. The molecule has 0 bridgehead atoms. The lowest BCUT2D eigenvalue weighted by Gasteiger charge is -2.46. The molecule has 0 radical (unpaired) electrons. The van der Waals surface area contributed by atoms with Gasteiger partial charge in [0.25, 0.3) is 0 Å². The summed E-state index contributed by atoms with van der Waals surface area (Å²) in [5.74, 6) is -0.907. The zero-order valence-corrected chi connectivity index (χ0v) is 18.8. The summed E-state index contributed by atoms with van der Waals surface area (Å²) >= 11 is 0. The van der Waals surface area contributed by atoms with Gasteiger partial charge >= 0.3 is 17.8 Å². The summed E-state index contributed by atoms with van der Waals surface area (Å²) in [7, 11) is 1.52. The van der Waals surface area contributed by atoms with Crippen molar-refractivity contribution in [2.75, 3.05) is 18.0 Å². The Kier molecular flexibility index (Phi) is 5.97. The van der Waals surface area contributed by atoms with E-state index in [4.69, 9.17) is 4.74 Å². The smallest absolute Gasteiger partial charge is 0.410 e. The van der Waals surface area contributed by atoms with Crippen molar-refractivity contribution in [1.82, 2.24) is 24.1 Å². The lowest BCUT2D eigenvalue weighted by atomic mass is 10.0. The van der Waals surface area contributed by atoms with Gasteiger partial charge < -0.3 is 19.6 Å². The Morgan fingerprint density at radius 3 is 2.39 bits per heavy atom. The topological polar surface area (TPSA) is 122 Å². The van der Waals surface area contributed by atoms with Gasteiger partial charge in [0.1, 0.15) is 11.2 Å². The van der Waals surface area contributed by atoms with Crippen molar-refractivity contribution >= 4 is 23.7 Å². The van der Waals surface area contributed by atoms with Crippen molar-refractivity contribution in [2.45, 2.75) is 65.1 Å². The summed E-state index contributed by atoms with van der Waals surface area (Å²) < 4.78 is 8.25. The Hall–Kier alpha value is -3.11. The van der Waals surface area contributed by atoms with E-state index in [1.165, 1.54) is 22.2 Å². The molecule has 3 heterocycles. The van der Waals surface area contributed by atoms with Crippen LogP contribution >= 0.6 is 0 Å². The number of carboxylic acids is 1. The number of aromatic carboxylic acids is 1. The van der Waals surface area contributed by atoms with E-state index >= 15 is 0 Å². The highest BCUT2D eigenvalue weighted by Crippen LogP contribution is 2.26. The van der Waals surface area contributed by atoms with Crippen LogP contribution in [0.15, 0.2) is 10.9 Å². The number of hydrogen-bond donors (Lipinski definition) is 1. The number of aryl methyl sites for hydroxylation is 1. The fourth-order valence-corrected chi connectivity index (χ4v) is 3.79. The predicted octanol–water partition coefficient (Wildman–Crippen LogP) is 1.74. The van der Waals surface area contributed by atoms with Crippen LogP contribution < -0.4 is 10.6 Å². The average molecular weight is 434 g/mol. The zero-order valence-electron chi connectivity index (χ0n) is 18.8. The van der Waals surface area contributed by atoms with Crippen LogP contribution in [0.25, 0.3) is 5.65 Å². The summed E-state index contributed by atoms with van der Waals surface area (Å²) in [6, 6.07) is 1.05. The molecule has 1 saturated heterocycles. The molecule has 170 valence electrons. The van der Waals surface area contributed by atoms with Gasteiger partial charge in [0.15, 0.2) is 5.69 Å². The van der Waals surface area contributed by atoms with E-state index in [-0.39, 0.29) is 29.8 Å². The first-order valence-electron chi connectivity index (χ1n) is 10.4. The minimum absolute atomic E-state index is 0.143. The van der Waals surface area contributed by atoms with E-state index in [9.17, 15) is 19.5 Å². The van der Waals surface area contributed by atoms with E-state index in [0.29, 0.717) is 31.6 Å². The molecule has 1 N–H and O–H groups in total. The number of carboxylic acid groups (broad SMARTS) is 1. The molecule has 2 aromatic rings. The molecule has 31 heavy (non-hydrogen) atoms. The summed E-state index contributed by atoms with van der Waals surface area (Å²) in [6.45, 7) is 10.3. The first-order valence-corrected chi connectivity index (χ1v) is 10.4. The van der Waals surface area contributed by atoms with Crippen molar-refractivity contribution < 1.29 is 19.4 Å². The molecule has 0 aromatic carbocycles. The van der Waals surface area contributed by atoms with E-state index in [0.717, 1.165) is 0 Å². The fraction of sp³-hybridized carbons (Fsp3) is 0.650. The van der Waals surface area contributed by atoms with Gasteiger partial charge in [-0.2, -0.15) is 14.6 Å². The number of aromatic nitrogens is 4. The average Bonchev–Trinajstić information content (AvgIpc) is 3.14.